The third-order valence-corrected chi connectivity index (χ3v) is 6.49. The SMILES string of the molecule is O=C(Nc1ccccc1Cl)[C@@H]1[C@H]2C[C@H]3[C@H](OC(=O)[C@@H]31)[C@H]2Br. The van der Waals surface area contributed by atoms with Crippen LogP contribution in [0.4, 0.5) is 5.69 Å². The molecule has 1 aliphatic heterocycles. The molecule has 1 saturated heterocycles. The topological polar surface area (TPSA) is 55.4 Å². The number of anilines is 1. The summed E-state index contributed by atoms with van der Waals surface area (Å²) in [6.45, 7) is 0. The van der Waals surface area contributed by atoms with Crippen LogP contribution in [0.2, 0.25) is 5.02 Å². The number of ether oxygens (including phenoxy) is 1. The fourth-order valence-corrected chi connectivity index (χ4v) is 5.34. The quantitative estimate of drug-likeness (QED) is 0.643. The Bertz CT molecular complexity index is 637. The summed E-state index contributed by atoms with van der Waals surface area (Å²) in [5.74, 6) is -0.665. The summed E-state index contributed by atoms with van der Waals surface area (Å²) < 4.78 is 5.41. The zero-order chi connectivity index (χ0) is 14.7. The van der Waals surface area contributed by atoms with E-state index in [1.807, 2.05) is 12.1 Å². The molecule has 2 bridgehead atoms. The van der Waals surface area contributed by atoms with E-state index in [1.54, 1.807) is 12.1 Å². The number of halogens is 2. The maximum Gasteiger partial charge on any atom is 0.310 e. The van der Waals surface area contributed by atoms with Crippen molar-refractivity contribution in [2.45, 2.75) is 17.4 Å². The van der Waals surface area contributed by atoms with Gasteiger partial charge in [0.25, 0.3) is 0 Å². The molecule has 1 N–H and O–H groups in total. The molecule has 1 aromatic carbocycles. The number of amides is 1. The molecule has 2 saturated carbocycles. The Balaban J connectivity index is 1.61. The molecular formula is C15H13BrClNO3. The van der Waals surface area contributed by atoms with E-state index in [2.05, 4.69) is 21.2 Å². The number of esters is 1. The highest BCUT2D eigenvalue weighted by atomic mass is 79.9. The Labute approximate surface area is 135 Å². The van der Waals surface area contributed by atoms with E-state index in [0.717, 1.165) is 6.42 Å². The van der Waals surface area contributed by atoms with Gasteiger partial charge in [0.15, 0.2) is 0 Å². The van der Waals surface area contributed by atoms with E-state index < -0.39 is 0 Å². The van der Waals surface area contributed by atoms with Gasteiger partial charge in [0.05, 0.1) is 27.4 Å². The summed E-state index contributed by atoms with van der Waals surface area (Å²) in [7, 11) is 0. The monoisotopic (exact) mass is 369 g/mol. The van der Waals surface area contributed by atoms with Crippen LogP contribution in [0, 0.1) is 23.7 Å². The van der Waals surface area contributed by atoms with E-state index in [0.29, 0.717) is 10.7 Å². The van der Waals surface area contributed by atoms with Gasteiger partial charge in [0, 0.05) is 5.92 Å². The first-order valence-corrected chi connectivity index (χ1v) is 8.27. The van der Waals surface area contributed by atoms with Crippen LogP contribution >= 0.6 is 27.5 Å². The van der Waals surface area contributed by atoms with Crippen molar-refractivity contribution in [1.82, 2.24) is 0 Å². The number of alkyl halides is 1. The maximum atomic E-state index is 12.6. The first kappa shape index (κ1) is 13.6. The number of fused-ring (bicyclic) bond motifs is 1. The minimum absolute atomic E-state index is 0.0585. The van der Waals surface area contributed by atoms with E-state index in [9.17, 15) is 9.59 Å². The molecule has 4 rings (SSSR count). The number of hydrogen-bond donors (Lipinski definition) is 1. The average molecular weight is 371 g/mol. The van der Waals surface area contributed by atoms with Crippen LogP contribution in [0.3, 0.4) is 0 Å². The molecular weight excluding hydrogens is 358 g/mol. The van der Waals surface area contributed by atoms with Crippen LogP contribution in [-0.4, -0.2) is 22.8 Å². The molecule has 0 radical (unpaired) electrons. The predicted molar refractivity (Wildman–Crippen MR) is 81.3 cm³/mol. The lowest BCUT2D eigenvalue weighted by Crippen LogP contribution is -2.40. The zero-order valence-corrected chi connectivity index (χ0v) is 13.3. The molecule has 110 valence electrons. The van der Waals surface area contributed by atoms with Crippen LogP contribution in [0.25, 0.3) is 0 Å². The molecule has 1 heterocycles. The molecule has 6 atom stereocenters. The van der Waals surface area contributed by atoms with Gasteiger partial charge < -0.3 is 10.1 Å². The Hall–Kier alpha value is -1.07. The molecule has 6 heteroatoms. The molecule has 0 unspecified atom stereocenters. The lowest BCUT2D eigenvalue weighted by atomic mass is 9.79. The van der Waals surface area contributed by atoms with Crippen molar-refractivity contribution in [1.29, 1.82) is 0 Å². The van der Waals surface area contributed by atoms with Crippen LogP contribution in [0.5, 0.6) is 0 Å². The summed E-state index contributed by atoms with van der Waals surface area (Å²) in [5, 5.41) is 3.36. The van der Waals surface area contributed by atoms with Gasteiger partial charge in [-0.25, -0.2) is 0 Å². The Morgan fingerprint density at radius 2 is 2.10 bits per heavy atom. The van der Waals surface area contributed by atoms with Crippen LogP contribution in [-0.2, 0) is 14.3 Å². The Morgan fingerprint density at radius 1 is 1.33 bits per heavy atom. The number of carbonyl (C=O) groups excluding carboxylic acids is 2. The largest absolute Gasteiger partial charge is 0.461 e. The second-order valence-corrected chi connectivity index (χ2v) is 7.39. The van der Waals surface area contributed by atoms with Crippen molar-refractivity contribution >= 4 is 45.1 Å². The van der Waals surface area contributed by atoms with Crippen molar-refractivity contribution in [3.05, 3.63) is 29.3 Å². The van der Waals surface area contributed by atoms with Crippen molar-refractivity contribution in [3.63, 3.8) is 0 Å². The Morgan fingerprint density at radius 3 is 2.86 bits per heavy atom. The van der Waals surface area contributed by atoms with Crippen molar-refractivity contribution in [2.75, 3.05) is 5.32 Å². The summed E-state index contributed by atoms with van der Waals surface area (Å²) in [6.07, 6.45) is 0.814. The Kier molecular flexibility index (Phi) is 3.05. The molecule has 0 aromatic heterocycles. The molecule has 4 nitrogen and oxygen atoms in total. The van der Waals surface area contributed by atoms with E-state index in [-0.39, 0.29) is 46.5 Å². The smallest absolute Gasteiger partial charge is 0.310 e. The van der Waals surface area contributed by atoms with Gasteiger partial charge in [0.2, 0.25) is 5.91 Å². The van der Waals surface area contributed by atoms with E-state index in [1.165, 1.54) is 0 Å². The molecule has 1 aromatic rings. The lowest BCUT2D eigenvalue weighted by molar-refractivity contribution is -0.145. The number of benzene rings is 1. The molecule has 3 aliphatic rings. The van der Waals surface area contributed by atoms with Gasteiger partial charge in [0.1, 0.15) is 6.10 Å². The number of para-hydroxylation sites is 1. The lowest BCUT2D eigenvalue weighted by Gasteiger charge is -2.27. The minimum atomic E-state index is -0.332. The van der Waals surface area contributed by atoms with Gasteiger partial charge in [-0.05, 0) is 24.5 Å². The number of nitrogens with one attached hydrogen (secondary N) is 1. The summed E-state index contributed by atoms with van der Waals surface area (Å²) in [5.41, 5.74) is 0.584. The van der Waals surface area contributed by atoms with Gasteiger partial charge >= 0.3 is 5.97 Å². The maximum absolute atomic E-state index is 12.6. The van der Waals surface area contributed by atoms with E-state index >= 15 is 0 Å². The van der Waals surface area contributed by atoms with Gasteiger partial charge in [-0.2, -0.15) is 0 Å². The highest BCUT2D eigenvalue weighted by Gasteiger charge is 2.67. The van der Waals surface area contributed by atoms with Crippen molar-refractivity contribution < 1.29 is 14.3 Å². The van der Waals surface area contributed by atoms with Crippen molar-refractivity contribution in [2.24, 2.45) is 23.7 Å². The molecule has 21 heavy (non-hydrogen) atoms. The predicted octanol–water partition coefficient (Wildman–Crippen LogP) is 2.85. The van der Waals surface area contributed by atoms with Gasteiger partial charge in [-0.15, -0.1) is 0 Å². The third-order valence-electron chi connectivity index (χ3n) is 4.96. The van der Waals surface area contributed by atoms with Gasteiger partial charge in [-0.3, -0.25) is 9.59 Å². The molecule has 3 fully saturated rings. The van der Waals surface area contributed by atoms with E-state index in [4.69, 9.17) is 16.3 Å². The standard InChI is InChI=1S/C15H13BrClNO3/c16-12-6-5-7-11(15(20)21-13(7)12)10(6)14(19)18-9-4-2-1-3-8(9)17/h1-4,6-7,10-13H,5H2,(H,18,19)/t6-,7-,10-,11+,12+,13+/m1/s1. The number of rotatable bonds is 2. The minimum Gasteiger partial charge on any atom is -0.461 e. The van der Waals surface area contributed by atoms with Crippen LogP contribution in [0.15, 0.2) is 24.3 Å². The highest BCUT2D eigenvalue weighted by molar-refractivity contribution is 9.09. The third kappa shape index (κ3) is 1.87. The summed E-state index contributed by atoms with van der Waals surface area (Å²) >= 11 is 9.68. The first-order valence-electron chi connectivity index (χ1n) is 6.98. The molecule has 1 amide bonds. The number of hydrogen-bond acceptors (Lipinski definition) is 3. The van der Waals surface area contributed by atoms with Gasteiger partial charge in [-0.1, -0.05) is 39.7 Å². The second-order valence-electron chi connectivity index (χ2n) is 5.93. The zero-order valence-electron chi connectivity index (χ0n) is 11.0. The van der Waals surface area contributed by atoms with Crippen LogP contribution in [0.1, 0.15) is 6.42 Å². The number of carbonyl (C=O) groups is 2. The summed E-state index contributed by atoms with van der Waals surface area (Å²) in [4.78, 5) is 24.7. The summed E-state index contributed by atoms with van der Waals surface area (Å²) in [6, 6.07) is 7.11. The normalized spacial score (nSPS) is 39.4. The van der Waals surface area contributed by atoms with Crippen LogP contribution < -0.4 is 5.32 Å². The van der Waals surface area contributed by atoms with Crippen molar-refractivity contribution in [3.8, 4) is 0 Å². The fourth-order valence-electron chi connectivity index (χ4n) is 4.11. The fraction of sp³-hybridized carbons (Fsp3) is 0.467. The molecule has 0 spiro atoms. The molecule has 2 aliphatic carbocycles. The first-order chi connectivity index (χ1) is 10.1. The average Bonchev–Trinajstić information content (AvgIpc) is 3.05. The second kappa shape index (κ2) is 4.71. The highest BCUT2D eigenvalue weighted by Crippen LogP contribution is 2.60.